The van der Waals surface area contributed by atoms with Crippen LogP contribution in [-0.2, 0) is 4.79 Å². The summed E-state index contributed by atoms with van der Waals surface area (Å²) in [6.45, 7) is 1.59. The van der Waals surface area contributed by atoms with Gasteiger partial charge in [-0.3, -0.25) is 4.79 Å². The smallest absolute Gasteiger partial charge is 0.303 e. The van der Waals surface area contributed by atoms with Gasteiger partial charge in [-0.1, -0.05) is 24.6 Å². The molecule has 0 aromatic heterocycles. The quantitative estimate of drug-likeness (QED) is 0.693. The number of hydrogen-bond donors (Lipinski definition) is 1. The van der Waals surface area contributed by atoms with E-state index in [0.29, 0.717) is 6.42 Å². The van der Waals surface area contributed by atoms with Crippen molar-refractivity contribution < 1.29 is 9.90 Å². The molecule has 1 aromatic rings. The molecule has 0 aliphatic carbocycles. The maximum atomic E-state index is 10.4. The minimum absolute atomic E-state index is 0.240. The van der Waals surface area contributed by atoms with Gasteiger partial charge in [0.1, 0.15) is 0 Å². The summed E-state index contributed by atoms with van der Waals surface area (Å²) in [6.07, 6.45) is 3.32. The van der Waals surface area contributed by atoms with Crippen molar-refractivity contribution in [1.82, 2.24) is 0 Å². The van der Waals surface area contributed by atoms with Crippen LogP contribution in [0.5, 0.6) is 0 Å². The van der Waals surface area contributed by atoms with E-state index in [4.69, 9.17) is 10.4 Å². The van der Waals surface area contributed by atoms with Crippen LogP contribution in [0.2, 0.25) is 0 Å². The Hall–Kier alpha value is -2.02. The fraction of sp³-hybridized carbons (Fsp3) is 0.467. The molecule has 0 atom stereocenters. The van der Waals surface area contributed by atoms with Crippen LogP contribution in [-0.4, -0.2) is 24.2 Å². The molecule has 0 radical (unpaired) electrons. The lowest BCUT2D eigenvalue weighted by atomic mass is 10.1. The van der Waals surface area contributed by atoms with Crippen LogP contribution in [0, 0.1) is 11.3 Å². The Morgan fingerprint density at radius 2 is 1.89 bits per heavy atom. The van der Waals surface area contributed by atoms with E-state index in [1.165, 1.54) is 0 Å². The van der Waals surface area contributed by atoms with Crippen molar-refractivity contribution in [3.63, 3.8) is 0 Å². The molecule has 19 heavy (non-hydrogen) atoms. The van der Waals surface area contributed by atoms with Crippen LogP contribution < -0.4 is 4.90 Å². The van der Waals surface area contributed by atoms with Crippen molar-refractivity contribution in [2.24, 2.45) is 0 Å². The van der Waals surface area contributed by atoms with Crippen molar-refractivity contribution >= 4 is 11.7 Å². The molecule has 0 bridgehead atoms. The normalized spacial score (nSPS) is 9.84. The number of nitriles is 1. The zero-order valence-electron chi connectivity index (χ0n) is 11.1. The summed E-state index contributed by atoms with van der Waals surface area (Å²) < 4.78 is 0. The number of nitrogens with zero attached hydrogens (tertiary/aromatic N) is 2. The number of para-hydroxylation sites is 1. The molecule has 0 saturated carbocycles. The molecule has 0 heterocycles. The lowest BCUT2D eigenvalue weighted by Crippen LogP contribution is -2.25. The van der Waals surface area contributed by atoms with Crippen LogP contribution in [0.1, 0.15) is 32.1 Å². The summed E-state index contributed by atoms with van der Waals surface area (Å²) in [5.74, 6) is -0.732. The molecule has 0 saturated heterocycles. The highest BCUT2D eigenvalue weighted by atomic mass is 16.4. The first kappa shape index (κ1) is 15.0. The van der Waals surface area contributed by atoms with Gasteiger partial charge in [0.15, 0.2) is 0 Å². The summed E-state index contributed by atoms with van der Waals surface area (Å²) in [4.78, 5) is 12.6. The standard InChI is InChI=1S/C15H20N2O2/c16-11-7-13-17(14-8-3-1-4-9-14)12-6-2-5-10-15(18)19/h1,3-4,8-9H,2,5-7,10,12-13H2,(H,18,19). The second-order valence-electron chi connectivity index (χ2n) is 4.44. The highest BCUT2D eigenvalue weighted by molar-refractivity contribution is 5.66. The van der Waals surface area contributed by atoms with E-state index in [1.807, 2.05) is 30.3 Å². The molecule has 0 aliphatic rings. The van der Waals surface area contributed by atoms with E-state index in [0.717, 1.165) is 38.0 Å². The lowest BCUT2D eigenvalue weighted by molar-refractivity contribution is -0.137. The number of carbonyl (C=O) groups is 1. The number of carboxylic acids is 1. The third-order valence-electron chi connectivity index (χ3n) is 2.93. The van der Waals surface area contributed by atoms with Gasteiger partial charge in [0.05, 0.1) is 12.5 Å². The molecule has 4 heteroatoms. The van der Waals surface area contributed by atoms with Crippen molar-refractivity contribution in [3.8, 4) is 6.07 Å². The summed E-state index contributed by atoms with van der Waals surface area (Å²) in [6, 6.07) is 12.2. The van der Waals surface area contributed by atoms with E-state index in [1.54, 1.807) is 0 Å². The number of unbranched alkanes of at least 4 members (excludes halogenated alkanes) is 2. The average molecular weight is 260 g/mol. The molecule has 0 fully saturated rings. The van der Waals surface area contributed by atoms with E-state index in [2.05, 4.69) is 11.0 Å². The summed E-state index contributed by atoms with van der Waals surface area (Å²) >= 11 is 0. The van der Waals surface area contributed by atoms with Crippen LogP contribution in [0.4, 0.5) is 5.69 Å². The summed E-state index contributed by atoms with van der Waals surface area (Å²) in [5, 5.41) is 17.3. The lowest BCUT2D eigenvalue weighted by Gasteiger charge is -2.23. The Balaban J connectivity index is 2.38. The number of carboxylic acid groups (broad SMARTS) is 1. The molecule has 0 amide bonds. The van der Waals surface area contributed by atoms with Crippen LogP contribution in [0.25, 0.3) is 0 Å². The van der Waals surface area contributed by atoms with E-state index < -0.39 is 5.97 Å². The molecular weight excluding hydrogens is 240 g/mol. The average Bonchev–Trinajstić information content (AvgIpc) is 2.42. The molecule has 0 aliphatic heterocycles. The molecule has 0 unspecified atom stereocenters. The Morgan fingerprint density at radius 1 is 1.16 bits per heavy atom. The summed E-state index contributed by atoms with van der Waals surface area (Å²) in [5.41, 5.74) is 1.12. The Labute approximate surface area is 114 Å². The van der Waals surface area contributed by atoms with Gasteiger partial charge in [0.2, 0.25) is 0 Å². The topological polar surface area (TPSA) is 64.3 Å². The van der Waals surface area contributed by atoms with Gasteiger partial charge < -0.3 is 10.0 Å². The van der Waals surface area contributed by atoms with Crippen molar-refractivity contribution in [1.29, 1.82) is 5.26 Å². The second kappa shape index (κ2) is 8.98. The van der Waals surface area contributed by atoms with Gasteiger partial charge in [-0.15, -0.1) is 0 Å². The Kier molecular flexibility index (Phi) is 7.11. The largest absolute Gasteiger partial charge is 0.481 e. The molecule has 0 spiro atoms. The summed E-state index contributed by atoms with van der Waals surface area (Å²) in [7, 11) is 0. The first-order chi connectivity index (χ1) is 9.24. The fourth-order valence-corrected chi connectivity index (χ4v) is 1.95. The first-order valence-electron chi connectivity index (χ1n) is 6.63. The predicted octanol–water partition coefficient (Wildman–Crippen LogP) is 3.05. The highest BCUT2D eigenvalue weighted by Gasteiger charge is 2.05. The van der Waals surface area contributed by atoms with Crippen molar-refractivity contribution in [2.45, 2.75) is 32.1 Å². The minimum Gasteiger partial charge on any atom is -0.481 e. The van der Waals surface area contributed by atoms with Gasteiger partial charge in [-0.25, -0.2) is 0 Å². The van der Waals surface area contributed by atoms with E-state index >= 15 is 0 Å². The van der Waals surface area contributed by atoms with Crippen LogP contribution in [0.3, 0.4) is 0 Å². The minimum atomic E-state index is -0.732. The Morgan fingerprint density at radius 3 is 2.53 bits per heavy atom. The number of rotatable bonds is 9. The fourth-order valence-electron chi connectivity index (χ4n) is 1.95. The van der Waals surface area contributed by atoms with Crippen molar-refractivity contribution in [2.75, 3.05) is 18.0 Å². The maximum absolute atomic E-state index is 10.4. The van der Waals surface area contributed by atoms with Gasteiger partial charge in [0, 0.05) is 25.2 Å². The van der Waals surface area contributed by atoms with E-state index in [-0.39, 0.29) is 6.42 Å². The second-order valence-corrected chi connectivity index (χ2v) is 4.44. The van der Waals surface area contributed by atoms with Gasteiger partial charge in [-0.2, -0.15) is 5.26 Å². The SMILES string of the molecule is N#CCCN(CCCCCC(=O)O)c1ccccc1. The zero-order valence-corrected chi connectivity index (χ0v) is 11.1. The Bertz CT molecular complexity index is 412. The van der Waals surface area contributed by atoms with Crippen LogP contribution in [0.15, 0.2) is 30.3 Å². The van der Waals surface area contributed by atoms with Crippen LogP contribution >= 0.6 is 0 Å². The number of hydrogen-bond acceptors (Lipinski definition) is 3. The molecular formula is C15H20N2O2. The van der Waals surface area contributed by atoms with Gasteiger partial charge >= 0.3 is 5.97 Å². The van der Waals surface area contributed by atoms with Gasteiger partial charge in [-0.05, 0) is 25.0 Å². The molecule has 102 valence electrons. The number of aliphatic carboxylic acids is 1. The monoisotopic (exact) mass is 260 g/mol. The molecule has 1 N–H and O–H groups in total. The molecule has 1 rings (SSSR count). The van der Waals surface area contributed by atoms with Gasteiger partial charge in [0.25, 0.3) is 0 Å². The third-order valence-corrected chi connectivity index (χ3v) is 2.93. The maximum Gasteiger partial charge on any atom is 0.303 e. The first-order valence-corrected chi connectivity index (χ1v) is 6.63. The predicted molar refractivity (Wildman–Crippen MR) is 75.0 cm³/mol. The number of anilines is 1. The highest BCUT2D eigenvalue weighted by Crippen LogP contribution is 2.15. The molecule has 4 nitrogen and oxygen atoms in total. The third kappa shape index (κ3) is 6.46. The van der Waals surface area contributed by atoms with E-state index in [9.17, 15) is 4.79 Å². The number of benzene rings is 1. The van der Waals surface area contributed by atoms with Crippen molar-refractivity contribution in [3.05, 3.63) is 30.3 Å². The molecule has 1 aromatic carbocycles. The zero-order chi connectivity index (χ0) is 13.9.